The van der Waals surface area contributed by atoms with Crippen LogP contribution in [0.2, 0.25) is 0 Å². The summed E-state index contributed by atoms with van der Waals surface area (Å²) in [6.07, 6.45) is 10.2. The fourth-order valence-electron chi connectivity index (χ4n) is 10.9. The van der Waals surface area contributed by atoms with Crippen molar-refractivity contribution < 1.29 is 24.3 Å². The molecule has 0 radical (unpaired) electrons. The number of allylic oxidation sites excluding steroid dienone is 2. The van der Waals surface area contributed by atoms with Gasteiger partial charge in [0.2, 0.25) is 5.78 Å². The van der Waals surface area contributed by atoms with Crippen LogP contribution in [-0.2, 0) is 19.2 Å². The second-order valence-electron chi connectivity index (χ2n) is 14.4. The van der Waals surface area contributed by atoms with Gasteiger partial charge < -0.3 is 9.90 Å². The Labute approximate surface area is 215 Å². The highest BCUT2D eigenvalue weighted by atomic mass is 16.4. The predicted octanol–water partition coefficient (Wildman–Crippen LogP) is 6.05. The molecule has 0 aromatic rings. The van der Waals surface area contributed by atoms with Crippen molar-refractivity contribution in [1.82, 2.24) is 0 Å². The summed E-state index contributed by atoms with van der Waals surface area (Å²) in [5.41, 5.74) is -0.471. The summed E-state index contributed by atoms with van der Waals surface area (Å²) in [5.74, 6) is -0.205. The number of ketones is 2. The molecule has 0 saturated heterocycles. The minimum Gasteiger partial charge on any atom is -0.481 e. The summed E-state index contributed by atoms with van der Waals surface area (Å²) in [4.78, 5) is 50.3. The smallest absolute Gasteiger partial charge is 0.303 e. The quantitative estimate of drug-likeness (QED) is 0.222. The Bertz CT molecular complexity index is 1060. The molecular weight excluding hydrogens is 452 g/mol. The molecule has 0 bridgehead atoms. The van der Waals surface area contributed by atoms with Gasteiger partial charge in [-0.3, -0.25) is 14.4 Å². The van der Waals surface area contributed by atoms with Crippen LogP contribution in [0, 0.1) is 56.7 Å². The zero-order valence-electron chi connectivity index (χ0n) is 23.0. The van der Waals surface area contributed by atoms with E-state index in [4.69, 9.17) is 0 Å². The number of rotatable bonds is 3. The van der Waals surface area contributed by atoms with Crippen LogP contribution in [-0.4, -0.2) is 28.9 Å². The Kier molecular flexibility index (Phi) is 5.65. The van der Waals surface area contributed by atoms with E-state index in [0.717, 1.165) is 51.2 Å². The highest BCUT2D eigenvalue weighted by molar-refractivity contribution is 6.42. The molecule has 1 N–H and O–H groups in total. The molecule has 4 fully saturated rings. The van der Waals surface area contributed by atoms with E-state index in [9.17, 15) is 24.3 Å². The van der Waals surface area contributed by atoms with E-state index in [1.807, 2.05) is 0 Å². The number of Topliss-reactive ketones (excluding diaryl/α,β-unsaturated/α-hetero) is 2. The van der Waals surface area contributed by atoms with Gasteiger partial charge in [0.25, 0.3) is 0 Å². The first-order valence-electron chi connectivity index (χ1n) is 14.2. The van der Waals surface area contributed by atoms with Crippen LogP contribution in [0.15, 0.2) is 11.6 Å². The third kappa shape index (κ3) is 3.01. The molecule has 198 valence electrons. The standard InChI is InChI=1S/C31H44O5/c1-18-9-12-31(16-24(34)35)14-13-29(5)20(25(31)19(18)2)7-8-23-27(3)15-21(33)26(36)28(4,17-32)22(27)10-11-30(23,29)6/h7,17-19,22-23,25H,8-16H2,1-6H3,(H,34,35)/t18-,19+,22-,23-,25+,27+,28?,29-,30-,31-/m1/s1. The molecule has 5 heteroatoms. The second kappa shape index (κ2) is 7.86. The summed E-state index contributed by atoms with van der Waals surface area (Å²) >= 11 is 0. The van der Waals surface area contributed by atoms with Gasteiger partial charge in [-0.15, -0.1) is 0 Å². The molecule has 0 heterocycles. The lowest BCUT2D eigenvalue weighted by atomic mass is 9.33. The van der Waals surface area contributed by atoms with Crippen molar-refractivity contribution in [3.8, 4) is 0 Å². The first-order chi connectivity index (χ1) is 16.7. The molecule has 5 aliphatic rings. The number of carboxylic acids is 1. The number of aliphatic carboxylic acids is 1. The largest absolute Gasteiger partial charge is 0.481 e. The van der Waals surface area contributed by atoms with Crippen LogP contribution in [0.3, 0.4) is 0 Å². The predicted molar refractivity (Wildman–Crippen MR) is 137 cm³/mol. The molecule has 36 heavy (non-hydrogen) atoms. The molecular formula is C31H44O5. The van der Waals surface area contributed by atoms with Gasteiger partial charge in [-0.1, -0.05) is 46.3 Å². The molecule has 5 nitrogen and oxygen atoms in total. The van der Waals surface area contributed by atoms with Gasteiger partial charge in [-0.25, -0.2) is 0 Å². The summed E-state index contributed by atoms with van der Waals surface area (Å²) < 4.78 is 0. The Morgan fingerprint density at radius 2 is 1.72 bits per heavy atom. The van der Waals surface area contributed by atoms with Crippen molar-refractivity contribution in [3.05, 3.63) is 11.6 Å². The van der Waals surface area contributed by atoms with Gasteiger partial charge in [-0.2, -0.15) is 0 Å². The maximum Gasteiger partial charge on any atom is 0.303 e. The monoisotopic (exact) mass is 496 g/mol. The third-order valence-electron chi connectivity index (χ3n) is 13.2. The average molecular weight is 497 g/mol. The van der Waals surface area contributed by atoms with Crippen LogP contribution in [0.1, 0.15) is 99.3 Å². The highest BCUT2D eigenvalue weighted by Gasteiger charge is 2.70. The lowest BCUT2D eigenvalue weighted by Gasteiger charge is -2.70. The van der Waals surface area contributed by atoms with Crippen LogP contribution >= 0.6 is 0 Å². The molecule has 0 aromatic carbocycles. The molecule has 10 atom stereocenters. The van der Waals surface area contributed by atoms with Crippen molar-refractivity contribution in [1.29, 1.82) is 0 Å². The minimum atomic E-state index is -1.23. The van der Waals surface area contributed by atoms with E-state index in [2.05, 4.69) is 40.7 Å². The van der Waals surface area contributed by atoms with Crippen molar-refractivity contribution in [2.75, 3.05) is 0 Å². The van der Waals surface area contributed by atoms with E-state index in [-0.39, 0.29) is 52.6 Å². The maximum absolute atomic E-state index is 13.0. The zero-order chi connectivity index (χ0) is 26.5. The molecule has 4 saturated carbocycles. The van der Waals surface area contributed by atoms with Crippen LogP contribution in [0.5, 0.6) is 0 Å². The first-order valence-corrected chi connectivity index (χ1v) is 14.2. The van der Waals surface area contributed by atoms with Crippen molar-refractivity contribution in [2.45, 2.75) is 99.3 Å². The molecule has 0 spiro atoms. The van der Waals surface area contributed by atoms with Crippen molar-refractivity contribution >= 4 is 23.8 Å². The summed E-state index contributed by atoms with van der Waals surface area (Å²) in [6, 6.07) is 0. The zero-order valence-corrected chi connectivity index (χ0v) is 23.0. The van der Waals surface area contributed by atoms with Crippen molar-refractivity contribution in [2.24, 2.45) is 56.7 Å². The van der Waals surface area contributed by atoms with E-state index in [1.165, 1.54) is 5.57 Å². The van der Waals surface area contributed by atoms with Gasteiger partial charge in [-0.05, 0) is 103 Å². The highest BCUT2D eigenvalue weighted by Crippen LogP contribution is 2.75. The van der Waals surface area contributed by atoms with Gasteiger partial charge in [0.15, 0.2) is 5.78 Å². The number of fused-ring (bicyclic) bond motifs is 7. The van der Waals surface area contributed by atoms with Gasteiger partial charge in [0, 0.05) is 6.42 Å². The van der Waals surface area contributed by atoms with Crippen LogP contribution in [0.25, 0.3) is 0 Å². The number of aldehydes is 1. The topological polar surface area (TPSA) is 88.5 Å². The van der Waals surface area contributed by atoms with E-state index < -0.39 is 22.6 Å². The SMILES string of the molecule is C[C@H]1[C@H](C)CC[C@]2(CC(=O)O)CC[C@]3(C)C(=CC[C@@H]4[C@@]5(C)CC(=O)C(=O)C(C)(C=O)[C@@H]5CC[C@]43C)[C@H]12. The average Bonchev–Trinajstić information content (AvgIpc) is 2.80. The van der Waals surface area contributed by atoms with Gasteiger partial charge in [0.05, 0.1) is 11.8 Å². The van der Waals surface area contributed by atoms with Gasteiger partial charge in [0.1, 0.15) is 6.29 Å². The maximum atomic E-state index is 13.0. The molecule has 0 aliphatic heterocycles. The number of hydrogen-bond donors (Lipinski definition) is 1. The second-order valence-corrected chi connectivity index (χ2v) is 14.4. The Hall–Kier alpha value is -1.78. The fraction of sp³-hybridized carbons (Fsp3) is 0.806. The lowest BCUT2D eigenvalue weighted by Crippen LogP contribution is -2.66. The molecule has 5 aliphatic carbocycles. The number of carboxylic acid groups (broad SMARTS) is 1. The number of carbonyl (C=O) groups excluding carboxylic acids is 3. The Balaban J connectivity index is 1.62. The van der Waals surface area contributed by atoms with E-state index >= 15 is 0 Å². The van der Waals surface area contributed by atoms with Crippen molar-refractivity contribution in [3.63, 3.8) is 0 Å². The Morgan fingerprint density at radius 1 is 1.03 bits per heavy atom. The molecule has 5 rings (SSSR count). The summed E-state index contributed by atoms with van der Waals surface area (Å²) in [6.45, 7) is 13.4. The van der Waals surface area contributed by atoms with E-state index in [1.54, 1.807) is 6.92 Å². The molecule has 0 aromatic heterocycles. The van der Waals surface area contributed by atoms with Crippen LogP contribution in [0.4, 0.5) is 0 Å². The first kappa shape index (κ1) is 25.9. The normalized spacial score (nSPS) is 52.3. The third-order valence-corrected chi connectivity index (χ3v) is 13.2. The Morgan fingerprint density at radius 3 is 2.36 bits per heavy atom. The van der Waals surface area contributed by atoms with Crippen LogP contribution < -0.4 is 0 Å². The van der Waals surface area contributed by atoms with Gasteiger partial charge >= 0.3 is 5.97 Å². The minimum absolute atomic E-state index is 0.0669. The number of hydrogen-bond acceptors (Lipinski definition) is 4. The molecule has 1 unspecified atom stereocenters. The summed E-state index contributed by atoms with van der Waals surface area (Å²) in [5, 5.41) is 9.92. The fourth-order valence-corrected chi connectivity index (χ4v) is 10.9. The summed E-state index contributed by atoms with van der Waals surface area (Å²) in [7, 11) is 0. The van der Waals surface area contributed by atoms with E-state index in [0.29, 0.717) is 11.8 Å². The number of carbonyl (C=O) groups is 4. The molecule has 0 amide bonds. The lowest BCUT2D eigenvalue weighted by molar-refractivity contribution is -0.189.